The second kappa shape index (κ2) is 6.07. The van der Waals surface area contributed by atoms with Gasteiger partial charge in [-0.25, -0.2) is 13.1 Å². The molecule has 0 radical (unpaired) electrons. The third-order valence-electron chi connectivity index (χ3n) is 4.09. The Morgan fingerprint density at radius 1 is 0.955 bits per heavy atom. The van der Waals surface area contributed by atoms with Crippen molar-refractivity contribution in [2.24, 2.45) is 0 Å². The maximum absolute atomic E-state index is 12.1. The molecule has 1 saturated carbocycles. The first-order valence-electron chi connectivity index (χ1n) is 7.38. The van der Waals surface area contributed by atoms with E-state index >= 15 is 0 Å². The number of benzene rings is 2. The number of hydrogen-bond acceptors (Lipinski definition) is 2. The van der Waals surface area contributed by atoms with Crippen LogP contribution in [0.15, 0.2) is 66.1 Å². The molecule has 2 aromatic carbocycles. The van der Waals surface area contributed by atoms with Crippen LogP contribution in [0.5, 0.6) is 0 Å². The molecule has 114 valence electrons. The lowest BCUT2D eigenvalue weighted by Crippen LogP contribution is -2.30. The van der Waals surface area contributed by atoms with E-state index in [0.717, 1.165) is 18.4 Å². The maximum Gasteiger partial charge on any atom is 0.233 e. The van der Waals surface area contributed by atoms with Gasteiger partial charge in [0.15, 0.2) is 0 Å². The minimum absolute atomic E-state index is 0.0189. The standard InChI is InChI=1S/C18H19NO2S/c20-22(21,14-11-16-7-3-1-4-8-16)19-15-18(12-13-18)17-9-5-2-6-10-17/h1-11,14,19H,12-13,15H2. The van der Waals surface area contributed by atoms with Gasteiger partial charge >= 0.3 is 0 Å². The number of rotatable bonds is 6. The van der Waals surface area contributed by atoms with Gasteiger partial charge in [-0.1, -0.05) is 60.7 Å². The molecular formula is C18H19NO2S. The molecule has 1 aliphatic rings. The van der Waals surface area contributed by atoms with Gasteiger partial charge in [-0.05, 0) is 30.0 Å². The second-order valence-electron chi connectivity index (χ2n) is 5.73. The van der Waals surface area contributed by atoms with E-state index in [-0.39, 0.29) is 5.41 Å². The van der Waals surface area contributed by atoms with Crippen molar-refractivity contribution in [1.82, 2.24) is 4.72 Å². The molecule has 0 saturated heterocycles. The van der Waals surface area contributed by atoms with Crippen LogP contribution in [0, 0.1) is 0 Å². The predicted molar refractivity (Wildman–Crippen MR) is 89.8 cm³/mol. The molecule has 0 aliphatic heterocycles. The smallest absolute Gasteiger partial charge is 0.211 e. The Kier molecular flexibility index (Phi) is 4.14. The van der Waals surface area contributed by atoms with Crippen molar-refractivity contribution >= 4 is 16.1 Å². The summed E-state index contributed by atoms with van der Waals surface area (Å²) in [5.41, 5.74) is 2.07. The fourth-order valence-corrected chi connectivity index (χ4v) is 3.44. The summed E-state index contributed by atoms with van der Waals surface area (Å²) in [7, 11) is -3.41. The van der Waals surface area contributed by atoms with Crippen molar-refractivity contribution in [3.8, 4) is 0 Å². The first-order chi connectivity index (χ1) is 10.6. The van der Waals surface area contributed by atoms with Crippen LogP contribution in [0.25, 0.3) is 6.08 Å². The fraction of sp³-hybridized carbons (Fsp3) is 0.222. The Hall–Kier alpha value is -1.91. The van der Waals surface area contributed by atoms with Crippen LogP contribution in [0.1, 0.15) is 24.0 Å². The summed E-state index contributed by atoms with van der Waals surface area (Å²) in [4.78, 5) is 0. The van der Waals surface area contributed by atoms with Crippen LogP contribution in [0.4, 0.5) is 0 Å². The Balaban J connectivity index is 1.65. The van der Waals surface area contributed by atoms with Crippen molar-refractivity contribution in [1.29, 1.82) is 0 Å². The SMILES string of the molecule is O=S(=O)(C=Cc1ccccc1)NCC1(c2ccccc2)CC1. The van der Waals surface area contributed by atoms with E-state index in [9.17, 15) is 8.42 Å². The molecule has 3 nitrogen and oxygen atoms in total. The Morgan fingerprint density at radius 3 is 2.14 bits per heavy atom. The van der Waals surface area contributed by atoms with Gasteiger partial charge in [0.1, 0.15) is 0 Å². The first kappa shape index (κ1) is 15.0. The molecule has 4 heteroatoms. The highest BCUT2D eigenvalue weighted by molar-refractivity contribution is 7.92. The molecule has 0 atom stereocenters. The fourth-order valence-electron chi connectivity index (χ4n) is 2.53. The van der Waals surface area contributed by atoms with E-state index in [1.54, 1.807) is 6.08 Å². The van der Waals surface area contributed by atoms with Gasteiger partial charge in [0.2, 0.25) is 10.0 Å². The molecule has 22 heavy (non-hydrogen) atoms. The average Bonchev–Trinajstić information content (AvgIpc) is 3.35. The van der Waals surface area contributed by atoms with Crippen LogP contribution in [0.3, 0.4) is 0 Å². The highest BCUT2D eigenvalue weighted by Gasteiger charge is 2.44. The third kappa shape index (κ3) is 3.64. The lowest BCUT2D eigenvalue weighted by atomic mass is 9.96. The van der Waals surface area contributed by atoms with Gasteiger partial charge in [0.25, 0.3) is 0 Å². The van der Waals surface area contributed by atoms with Crippen LogP contribution < -0.4 is 4.72 Å². The van der Waals surface area contributed by atoms with Crippen molar-refractivity contribution < 1.29 is 8.42 Å². The highest BCUT2D eigenvalue weighted by atomic mass is 32.2. The monoisotopic (exact) mass is 313 g/mol. The minimum atomic E-state index is -3.41. The molecule has 0 unspecified atom stereocenters. The zero-order valence-corrected chi connectivity index (χ0v) is 13.1. The van der Waals surface area contributed by atoms with E-state index in [0.29, 0.717) is 6.54 Å². The van der Waals surface area contributed by atoms with Crippen LogP contribution in [-0.4, -0.2) is 15.0 Å². The third-order valence-corrected chi connectivity index (χ3v) is 5.13. The highest BCUT2D eigenvalue weighted by Crippen LogP contribution is 2.47. The topological polar surface area (TPSA) is 46.2 Å². The van der Waals surface area contributed by atoms with Gasteiger partial charge < -0.3 is 0 Å². The van der Waals surface area contributed by atoms with Gasteiger partial charge in [0.05, 0.1) is 0 Å². The van der Waals surface area contributed by atoms with Gasteiger partial charge in [-0.15, -0.1) is 0 Å². The second-order valence-corrected chi connectivity index (χ2v) is 7.38. The van der Waals surface area contributed by atoms with Crippen molar-refractivity contribution in [3.05, 3.63) is 77.2 Å². The zero-order valence-electron chi connectivity index (χ0n) is 12.3. The average molecular weight is 313 g/mol. The molecule has 0 amide bonds. The lowest BCUT2D eigenvalue weighted by Gasteiger charge is -2.15. The number of sulfonamides is 1. The lowest BCUT2D eigenvalue weighted by molar-refractivity contribution is 0.576. The van der Waals surface area contributed by atoms with E-state index in [1.807, 2.05) is 48.5 Å². The Morgan fingerprint density at radius 2 is 1.55 bits per heavy atom. The Labute approximate surface area is 131 Å². The molecule has 3 rings (SSSR count). The summed E-state index contributed by atoms with van der Waals surface area (Å²) in [6, 6.07) is 19.5. The van der Waals surface area contributed by atoms with Crippen molar-refractivity contribution in [2.75, 3.05) is 6.54 Å². The number of nitrogens with one attached hydrogen (secondary N) is 1. The van der Waals surface area contributed by atoms with E-state index < -0.39 is 10.0 Å². The molecule has 0 aromatic heterocycles. The summed E-state index contributed by atoms with van der Waals surface area (Å²) >= 11 is 0. The van der Waals surface area contributed by atoms with Gasteiger partial charge in [-0.2, -0.15) is 0 Å². The molecule has 0 heterocycles. The minimum Gasteiger partial charge on any atom is -0.211 e. The molecule has 0 spiro atoms. The molecule has 0 bridgehead atoms. The van der Waals surface area contributed by atoms with Crippen LogP contribution >= 0.6 is 0 Å². The molecule has 1 aliphatic carbocycles. The van der Waals surface area contributed by atoms with E-state index in [1.165, 1.54) is 11.0 Å². The van der Waals surface area contributed by atoms with Crippen molar-refractivity contribution in [2.45, 2.75) is 18.3 Å². The molecular weight excluding hydrogens is 294 g/mol. The maximum atomic E-state index is 12.1. The van der Waals surface area contributed by atoms with Crippen LogP contribution in [0.2, 0.25) is 0 Å². The normalized spacial score (nSPS) is 16.7. The Bertz CT molecular complexity index is 748. The summed E-state index contributed by atoms with van der Waals surface area (Å²) in [6.07, 6.45) is 3.67. The zero-order chi connectivity index (χ0) is 15.5. The summed E-state index contributed by atoms with van der Waals surface area (Å²) in [5, 5.41) is 1.24. The summed E-state index contributed by atoms with van der Waals surface area (Å²) < 4.78 is 26.9. The number of hydrogen-bond donors (Lipinski definition) is 1. The molecule has 1 fully saturated rings. The molecule has 1 N–H and O–H groups in total. The molecule has 2 aromatic rings. The predicted octanol–water partition coefficient (Wildman–Crippen LogP) is 3.31. The van der Waals surface area contributed by atoms with Gasteiger partial charge in [-0.3, -0.25) is 0 Å². The van der Waals surface area contributed by atoms with E-state index in [4.69, 9.17) is 0 Å². The van der Waals surface area contributed by atoms with E-state index in [2.05, 4.69) is 16.9 Å². The van der Waals surface area contributed by atoms with Crippen LogP contribution in [-0.2, 0) is 15.4 Å². The summed E-state index contributed by atoms with van der Waals surface area (Å²) in [6.45, 7) is 0.457. The largest absolute Gasteiger partial charge is 0.233 e. The van der Waals surface area contributed by atoms with Gasteiger partial charge in [0, 0.05) is 17.4 Å². The summed E-state index contributed by atoms with van der Waals surface area (Å²) in [5.74, 6) is 0. The quantitative estimate of drug-likeness (QED) is 0.889. The van der Waals surface area contributed by atoms with Crippen molar-refractivity contribution in [3.63, 3.8) is 0 Å². The first-order valence-corrected chi connectivity index (χ1v) is 8.93.